The Morgan fingerprint density at radius 2 is 2.09 bits per heavy atom. The zero-order valence-electron chi connectivity index (χ0n) is 12.8. The third kappa shape index (κ3) is 3.71. The number of nitrogens with one attached hydrogen (secondary N) is 1. The standard InChI is InChI=1S/C16H18N2O3S/c1-4-11-9-12(16(20)21-5-2)15(22-11)18-14(19)13-8-6-7-10(3)17-13/h6-9H,4-5H2,1-3H3,(H,18,19). The molecule has 0 radical (unpaired) electrons. The molecular weight excluding hydrogens is 300 g/mol. The van der Waals surface area contributed by atoms with Crippen LogP contribution in [0.2, 0.25) is 0 Å². The Bertz CT molecular complexity index is 694. The van der Waals surface area contributed by atoms with Crippen LogP contribution in [-0.4, -0.2) is 23.5 Å². The van der Waals surface area contributed by atoms with E-state index in [9.17, 15) is 9.59 Å². The first-order valence-corrected chi connectivity index (χ1v) is 7.91. The molecule has 0 aliphatic heterocycles. The van der Waals surface area contributed by atoms with Crippen molar-refractivity contribution in [3.05, 3.63) is 46.1 Å². The molecule has 2 aromatic rings. The van der Waals surface area contributed by atoms with Crippen LogP contribution < -0.4 is 5.32 Å². The zero-order valence-corrected chi connectivity index (χ0v) is 13.6. The molecule has 0 aliphatic carbocycles. The molecular formula is C16H18N2O3S. The molecule has 0 atom stereocenters. The quantitative estimate of drug-likeness (QED) is 0.857. The number of hydrogen-bond donors (Lipinski definition) is 1. The largest absolute Gasteiger partial charge is 0.462 e. The van der Waals surface area contributed by atoms with E-state index in [0.29, 0.717) is 22.9 Å². The van der Waals surface area contributed by atoms with Gasteiger partial charge in [-0.2, -0.15) is 0 Å². The summed E-state index contributed by atoms with van der Waals surface area (Å²) in [6, 6.07) is 7.00. The van der Waals surface area contributed by atoms with Crippen molar-refractivity contribution in [1.82, 2.24) is 4.98 Å². The van der Waals surface area contributed by atoms with Gasteiger partial charge in [0.05, 0.1) is 12.2 Å². The summed E-state index contributed by atoms with van der Waals surface area (Å²) in [7, 11) is 0. The number of nitrogens with zero attached hydrogens (tertiary/aromatic N) is 1. The van der Waals surface area contributed by atoms with Gasteiger partial charge in [-0.25, -0.2) is 9.78 Å². The molecule has 0 aliphatic rings. The van der Waals surface area contributed by atoms with E-state index >= 15 is 0 Å². The van der Waals surface area contributed by atoms with E-state index in [1.54, 1.807) is 25.1 Å². The summed E-state index contributed by atoms with van der Waals surface area (Å²) >= 11 is 1.38. The van der Waals surface area contributed by atoms with Crippen LogP contribution in [0, 0.1) is 6.92 Å². The average molecular weight is 318 g/mol. The van der Waals surface area contributed by atoms with Gasteiger partial charge >= 0.3 is 5.97 Å². The lowest BCUT2D eigenvalue weighted by Crippen LogP contribution is -2.15. The normalized spacial score (nSPS) is 10.3. The highest BCUT2D eigenvalue weighted by Gasteiger charge is 2.19. The lowest BCUT2D eigenvalue weighted by Gasteiger charge is -2.06. The fourth-order valence-corrected chi connectivity index (χ4v) is 2.89. The number of carbonyl (C=O) groups excluding carboxylic acids is 2. The summed E-state index contributed by atoms with van der Waals surface area (Å²) in [6.07, 6.45) is 0.787. The molecule has 0 fully saturated rings. The third-order valence-electron chi connectivity index (χ3n) is 2.97. The van der Waals surface area contributed by atoms with Crippen LogP contribution in [0.4, 0.5) is 5.00 Å². The van der Waals surface area contributed by atoms with Gasteiger partial charge in [0, 0.05) is 10.6 Å². The summed E-state index contributed by atoms with van der Waals surface area (Å²) in [5.74, 6) is -0.760. The highest BCUT2D eigenvalue weighted by atomic mass is 32.1. The van der Waals surface area contributed by atoms with Gasteiger partial charge in [-0.15, -0.1) is 11.3 Å². The minimum absolute atomic E-state index is 0.295. The highest BCUT2D eigenvalue weighted by molar-refractivity contribution is 7.16. The number of amides is 1. The Morgan fingerprint density at radius 3 is 2.73 bits per heavy atom. The van der Waals surface area contributed by atoms with Crippen molar-refractivity contribution in [2.75, 3.05) is 11.9 Å². The molecule has 0 spiro atoms. The number of thiophene rings is 1. The monoisotopic (exact) mass is 318 g/mol. The Kier molecular flexibility index (Phi) is 5.27. The van der Waals surface area contributed by atoms with Crippen LogP contribution >= 0.6 is 11.3 Å². The second kappa shape index (κ2) is 7.17. The average Bonchev–Trinajstić information content (AvgIpc) is 2.90. The van der Waals surface area contributed by atoms with E-state index in [0.717, 1.165) is 17.0 Å². The summed E-state index contributed by atoms with van der Waals surface area (Å²) < 4.78 is 5.03. The van der Waals surface area contributed by atoms with Gasteiger partial charge in [-0.05, 0) is 38.5 Å². The van der Waals surface area contributed by atoms with Crippen molar-refractivity contribution in [3.63, 3.8) is 0 Å². The van der Waals surface area contributed by atoms with E-state index in [1.807, 2.05) is 19.9 Å². The number of hydrogen-bond acceptors (Lipinski definition) is 5. The predicted molar refractivity (Wildman–Crippen MR) is 86.6 cm³/mol. The molecule has 0 aromatic carbocycles. The summed E-state index contributed by atoms with van der Waals surface area (Å²) in [5, 5.41) is 3.27. The predicted octanol–water partition coefficient (Wildman–Crippen LogP) is 3.44. The second-order valence-corrected chi connectivity index (χ2v) is 5.78. The van der Waals surface area contributed by atoms with Crippen molar-refractivity contribution in [1.29, 1.82) is 0 Å². The molecule has 2 heterocycles. The first-order valence-electron chi connectivity index (χ1n) is 7.10. The Morgan fingerprint density at radius 1 is 1.32 bits per heavy atom. The summed E-state index contributed by atoms with van der Waals surface area (Å²) in [5.41, 5.74) is 1.48. The minimum atomic E-state index is -0.425. The number of ether oxygens (including phenoxy) is 1. The van der Waals surface area contributed by atoms with Gasteiger partial charge in [-0.3, -0.25) is 4.79 Å². The van der Waals surface area contributed by atoms with Crippen molar-refractivity contribution in [2.24, 2.45) is 0 Å². The van der Waals surface area contributed by atoms with Crippen LogP contribution in [0.5, 0.6) is 0 Å². The Hall–Kier alpha value is -2.21. The van der Waals surface area contributed by atoms with E-state index < -0.39 is 5.97 Å². The fraction of sp³-hybridized carbons (Fsp3) is 0.312. The van der Waals surface area contributed by atoms with Crippen LogP contribution in [0.1, 0.15) is 45.3 Å². The number of carbonyl (C=O) groups is 2. The van der Waals surface area contributed by atoms with E-state index in [1.165, 1.54) is 11.3 Å². The van der Waals surface area contributed by atoms with Crippen molar-refractivity contribution >= 4 is 28.2 Å². The molecule has 5 nitrogen and oxygen atoms in total. The minimum Gasteiger partial charge on any atom is -0.462 e. The maximum absolute atomic E-state index is 12.3. The zero-order chi connectivity index (χ0) is 16.1. The topological polar surface area (TPSA) is 68.3 Å². The van der Waals surface area contributed by atoms with Gasteiger partial charge in [0.2, 0.25) is 0 Å². The van der Waals surface area contributed by atoms with Crippen LogP contribution in [0.25, 0.3) is 0 Å². The number of aryl methyl sites for hydroxylation is 2. The SMILES string of the molecule is CCOC(=O)c1cc(CC)sc1NC(=O)c1cccc(C)n1. The number of aromatic nitrogens is 1. The van der Waals surface area contributed by atoms with E-state index in [4.69, 9.17) is 4.74 Å². The Balaban J connectivity index is 2.26. The van der Waals surface area contributed by atoms with Gasteiger partial charge in [0.15, 0.2) is 0 Å². The summed E-state index contributed by atoms with van der Waals surface area (Å²) in [6.45, 7) is 5.86. The van der Waals surface area contributed by atoms with Gasteiger partial charge in [0.25, 0.3) is 5.91 Å². The second-order valence-electron chi connectivity index (χ2n) is 4.65. The highest BCUT2D eigenvalue weighted by Crippen LogP contribution is 2.29. The van der Waals surface area contributed by atoms with Crippen molar-refractivity contribution in [3.8, 4) is 0 Å². The molecule has 2 rings (SSSR count). The van der Waals surface area contributed by atoms with Gasteiger partial charge < -0.3 is 10.1 Å². The molecule has 1 N–H and O–H groups in total. The molecule has 0 bridgehead atoms. The van der Waals surface area contributed by atoms with Crippen molar-refractivity contribution in [2.45, 2.75) is 27.2 Å². The van der Waals surface area contributed by atoms with E-state index in [-0.39, 0.29) is 5.91 Å². The van der Waals surface area contributed by atoms with Gasteiger partial charge in [-0.1, -0.05) is 13.0 Å². The van der Waals surface area contributed by atoms with Crippen LogP contribution in [0.3, 0.4) is 0 Å². The van der Waals surface area contributed by atoms with E-state index in [2.05, 4.69) is 10.3 Å². The van der Waals surface area contributed by atoms with Crippen LogP contribution in [-0.2, 0) is 11.2 Å². The smallest absolute Gasteiger partial charge is 0.341 e. The molecule has 6 heteroatoms. The fourth-order valence-electron chi connectivity index (χ4n) is 1.91. The molecule has 116 valence electrons. The maximum atomic E-state index is 12.3. The first kappa shape index (κ1) is 16.2. The molecule has 0 saturated carbocycles. The van der Waals surface area contributed by atoms with Crippen LogP contribution in [0.15, 0.2) is 24.3 Å². The number of rotatable bonds is 5. The molecule has 0 saturated heterocycles. The molecule has 22 heavy (non-hydrogen) atoms. The number of pyridine rings is 1. The number of anilines is 1. The lowest BCUT2D eigenvalue weighted by atomic mass is 10.2. The Labute approximate surface area is 133 Å². The summed E-state index contributed by atoms with van der Waals surface area (Å²) in [4.78, 5) is 29.5. The first-order chi connectivity index (χ1) is 10.5. The molecule has 1 amide bonds. The number of esters is 1. The molecule has 2 aromatic heterocycles. The third-order valence-corrected chi connectivity index (χ3v) is 4.17. The molecule has 0 unspecified atom stereocenters. The van der Waals surface area contributed by atoms with Crippen molar-refractivity contribution < 1.29 is 14.3 Å². The lowest BCUT2D eigenvalue weighted by molar-refractivity contribution is 0.0528. The van der Waals surface area contributed by atoms with Gasteiger partial charge in [0.1, 0.15) is 10.7 Å². The maximum Gasteiger partial charge on any atom is 0.341 e.